The van der Waals surface area contributed by atoms with Gasteiger partial charge in [0.25, 0.3) is 0 Å². The predicted molar refractivity (Wildman–Crippen MR) is 74.3 cm³/mol. The lowest BCUT2D eigenvalue weighted by Gasteiger charge is -2.32. The smallest absolute Gasteiger partial charge is 0.0898 e. The van der Waals surface area contributed by atoms with Crippen molar-refractivity contribution in [3.63, 3.8) is 0 Å². The van der Waals surface area contributed by atoms with Crippen LogP contribution in [-0.4, -0.2) is 50.7 Å². The fourth-order valence-electron chi connectivity index (χ4n) is 2.32. The van der Waals surface area contributed by atoms with Gasteiger partial charge in [-0.25, -0.2) is 4.68 Å². The first kappa shape index (κ1) is 13.5. The predicted octanol–water partition coefficient (Wildman–Crippen LogP) is 1.23. The lowest BCUT2D eigenvalue weighted by Crippen LogP contribution is -2.43. The zero-order chi connectivity index (χ0) is 13.8. The van der Waals surface area contributed by atoms with Crippen molar-refractivity contribution in [2.24, 2.45) is 0 Å². The number of aromatic nitrogens is 4. The van der Waals surface area contributed by atoms with Gasteiger partial charge in [-0.2, -0.15) is 0 Å². The summed E-state index contributed by atoms with van der Waals surface area (Å²) in [6, 6.07) is 3.72. The van der Waals surface area contributed by atoms with E-state index in [9.17, 15) is 0 Å². The maximum absolute atomic E-state index is 6.15. The Hall–Kier alpha value is -1.50. The molecule has 1 unspecified atom stereocenters. The number of ether oxygens (including phenoxy) is 1. The molecule has 1 saturated heterocycles. The Kier molecular flexibility index (Phi) is 4.25. The normalized spacial score (nSPS) is 20.1. The zero-order valence-electron chi connectivity index (χ0n) is 11.0. The summed E-state index contributed by atoms with van der Waals surface area (Å²) in [7, 11) is 0. The first-order chi connectivity index (χ1) is 9.81. The molecule has 106 valence electrons. The number of nitrogens with zero attached hydrogens (tertiary/aromatic N) is 5. The van der Waals surface area contributed by atoms with Crippen molar-refractivity contribution >= 4 is 11.6 Å². The standard InChI is InChI=1S/C13H16ClN5O/c14-12-2-1-3-15-13(12)10-18-6-7-20-11(8-18)9-19-5-4-16-17-19/h1-5,11H,6-10H2. The molecule has 0 saturated carbocycles. The van der Waals surface area contributed by atoms with Crippen LogP contribution in [0, 0.1) is 0 Å². The van der Waals surface area contributed by atoms with Crippen LogP contribution in [0.1, 0.15) is 5.69 Å². The van der Waals surface area contributed by atoms with Gasteiger partial charge in [-0.05, 0) is 12.1 Å². The van der Waals surface area contributed by atoms with Gasteiger partial charge in [-0.1, -0.05) is 16.8 Å². The zero-order valence-corrected chi connectivity index (χ0v) is 11.8. The lowest BCUT2D eigenvalue weighted by atomic mass is 10.2. The molecule has 3 rings (SSSR count). The fraction of sp³-hybridized carbons (Fsp3) is 0.462. The van der Waals surface area contributed by atoms with E-state index in [1.54, 1.807) is 17.1 Å². The SMILES string of the molecule is Clc1cccnc1CN1CCOC(Cn2ccnn2)C1. The summed E-state index contributed by atoms with van der Waals surface area (Å²) >= 11 is 6.15. The molecule has 0 amide bonds. The highest BCUT2D eigenvalue weighted by Crippen LogP contribution is 2.16. The van der Waals surface area contributed by atoms with E-state index in [4.69, 9.17) is 16.3 Å². The van der Waals surface area contributed by atoms with Gasteiger partial charge in [0.15, 0.2) is 0 Å². The van der Waals surface area contributed by atoms with Gasteiger partial charge in [0.2, 0.25) is 0 Å². The third-order valence-electron chi connectivity index (χ3n) is 3.29. The van der Waals surface area contributed by atoms with Gasteiger partial charge in [0.1, 0.15) is 0 Å². The third-order valence-corrected chi connectivity index (χ3v) is 3.64. The Labute approximate surface area is 122 Å². The molecule has 1 aliphatic heterocycles. The molecule has 2 aromatic rings. The molecule has 2 aromatic heterocycles. The highest BCUT2D eigenvalue weighted by atomic mass is 35.5. The molecule has 6 nitrogen and oxygen atoms in total. The van der Waals surface area contributed by atoms with Gasteiger partial charge in [0.05, 0.1) is 36.2 Å². The van der Waals surface area contributed by atoms with Crippen LogP contribution < -0.4 is 0 Å². The van der Waals surface area contributed by atoms with E-state index in [1.807, 2.05) is 18.3 Å². The molecule has 0 aromatic carbocycles. The van der Waals surface area contributed by atoms with Gasteiger partial charge in [-0.3, -0.25) is 9.88 Å². The van der Waals surface area contributed by atoms with Crippen molar-refractivity contribution < 1.29 is 4.74 Å². The molecule has 1 atom stereocenters. The van der Waals surface area contributed by atoms with Crippen LogP contribution in [-0.2, 0) is 17.8 Å². The Morgan fingerprint density at radius 1 is 1.40 bits per heavy atom. The summed E-state index contributed by atoms with van der Waals surface area (Å²) < 4.78 is 7.56. The number of morpholine rings is 1. The Bertz CT molecular complexity index is 547. The second-order valence-electron chi connectivity index (χ2n) is 4.78. The summed E-state index contributed by atoms with van der Waals surface area (Å²) in [6.45, 7) is 3.90. The van der Waals surface area contributed by atoms with Gasteiger partial charge < -0.3 is 4.74 Å². The van der Waals surface area contributed by atoms with Gasteiger partial charge in [-0.15, -0.1) is 5.10 Å². The number of pyridine rings is 1. The van der Waals surface area contributed by atoms with Crippen LogP contribution in [0.3, 0.4) is 0 Å². The molecule has 7 heteroatoms. The summed E-state index contributed by atoms with van der Waals surface area (Å²) in [5.41, 5.74) is 0.913. The first-order valence-corrected chi connectivity index (χ1v) is 6.96. The highest BCUT2D eigenvalue weighted by Gasteiger charge is 2.22. The molecule has 3 heterocycles. The van der Waals surface area contributed by atoms with E-state index in [1.165, 1.54) is 0 Å². The quantitative estimate of drug-likeness (QED) is 0.848. The highest BCUT2D eigenvalue weighted by molar-refractivity contribution is 6.31. The van der Waals surface area contributed by atoms with E-state index in [2.05, 4.69) is 20.2 Å². The minimum absolute atomic E-state index is 0.118. The number of halogens is 1. The number of hydrogen-bond acceptors (Lipinski definition) is 5. The van der Waals surface area contributed by atoms with Crippen LogP contribution in [0.15, 0.2) is 30.7 Å². The van der Waals surface area contributed by atoms with Crippen LogP contribution >= 0.6 is 11.6 Å². The van der Waals surface area contributed by atoms with Crippen molar-refractivity contribution in [2.75, 3.05) is 19.7 Å². The summed E-state index contributed by atoms with van der Waals surface area (Å²) in [6.07, 6.45) is 5.41. The van der Waals surface area contributed by atoms with Crippen molar-refractivity contribution in [1.29, 1.82) is 0 Å². The van der Waals surface area contributed by atoms with Crippen molar-refractivity contribution in [3.05, 3.63) is 41.4 Å². The molecule has 0 radical (unpaired) electrons. The van der Waals surface area contributed by atoms with Crippen LogP contribution in [0.2, 0.25) is 5.02 Å². The molecule has 1 aliphatic rings. The van der Waals surface area contributed by atoms with Crippen LogP contribution in [0.25, 0.3) is 0 Å². The Balaban J connectivity index is 1.59. The average molecular weight is 294 g/mol. The maximum Gasteiger partial charge on any atom is 0.0898 e. The topological polar surface area (TPSA) is 56.1 Å². The van der Waals surface area contributed by atoms with Crippen LogP contribution in [0.4, 0.5) is 0 Å². The molecular weight excluding hydrogens is 278 g/mol. The molecular formula is C13H16ClN5O. The van der Waals surface area contributed by atoms with Crippen molar-refractivity contribution in [2.45, 2.75) is 19.2 Å². The van der Waals surface area contributed by atoms with Crippen LogP contribution in [0.5, 0.6) is 0 Å². The average Bonchev–Trinajstić information content (AvgIpc) is 2.95. The second-order valence-corrected chi connectivity index (χ2v) is 5.19. The van der Waals surface area contributed by atoms with Gasteiger partial charge >= 0.3 is 0 Å². The molecule has 0 N–H and O–H groups in total. The summed E-state index contributed by atoms with van der Waals surface area (Å²) in [4.78, 5) is 6.64. The Morgan fingerprint density at radius 2 is 2.35 bits per heavy atom. The molecule has 0 spiro atoms. The van der Waals surface area contributed by atoms with E-state index in [0.717, 1.165) is 25.3 Å². The lowest BCUT2D eigenvalue weighted by molar-refractivity contribution is -0.0407. The largest absolute Gasteiger partial charge is 0.374 e. The molecule has 0 aliphatic carbocycles. The van der Waals surface area contributed by atoms with E-state index in [-0.39, 0.29) is 6.10 Å². The fourth-order valence-corrected chi connectivity index (χ4v) is 2.50. The van der Waals surface area contributed by atoms with Gasteiger partial charge in [0, 0.05) is 32.0 Å². The number of rotatable bonds is 4. The van der Waals surface area contributed by atoms with Crippen molar-refractivity contribution in [3.8, 4) is 0 Å². The first-order valence-electron chi connectivity index (χ1n) is 6.59. The maximum atomic E-state index is 6.15. The van der Waals surface area contributed by atoms with Crippen molar-refractivity contribution in [1.82, 2.24) is 24.9 Å². The van der Waals surface area contributed by atoms with E-state index >= 15 is 0 Å². The number of hydrogen-bond donors (Lipinski definition) is 0. The molecule has 20 heavy (non-hydrogen) atoms. The minimum Gasteiger partial charge on any atom is -0.374 e. The second kappa shape index (κ2) is 6.30. The monoisotopic (exact) mass is 293 g/mol. The van der Waals surface area contributed by atoms with E-state index in [0.29, 0.717) is 18.2 Å². The minimum atomic E-state index is 0.118. The third kappa shape index (κ3) is 3.33. The summed E-state index contributed by atoms with van der Waals surface area (Å²) in [5.74, 6) is 0. The molecule has 0 bridgehead atoms. The Morgan fingerprint density at radius 3 is 3.15 bits per heavy atom. The molecule has 1 fully saturated rings. The summed E-state index contributed by atoms with van der Waals surface area (Å²) in [5, 5.41) is 8.49. The van der Waals surface area contributed by atoms with E-state index < -0.39 is 0 Å².